The second-order valence-corrected chi connectivity index (χ2v) is 4.64. The SMILES string of the molecule is O=C(O)c1cnc(N2CCCCCC2)nc1C(F)(F)F. The first-order valence-electron chi connectivity index (χ1n) is 6.32. The number of carbonyl (C=O) groups is 1. The van der Waals surface area contributed by atoms with Crippen LogP contribution in [0.4, 0.5) is 19.1 Å². The first kappa shape index (κ1) is 14.5. The Hall–Kier alpha value is -1.86. The van der Waals surface area contributed by atoms with Crippen LogP contribution in [-0.2, 0) is 6.18 Å². The van der Waals surface area contributed by atoms with Crippen molar-refractivity contribution in [2.75, 3.05) is 18.0 Å². The molecule has 110 valence electrons. The Morgan fingerprint density at radius 2 is 1.80 bits per heavy atom. The summed E-state index contributed by atoms with van der Waals surface area (Å²) in [5.41, 5.74) is -2.31. The monoisotopic (exact) mass is 289 g/mol. The van der Waals surface area contributed by atoms with Gasteiger partial charge in [0, 0.05) is 19.3 Å². The molecule has 0 spiro atoms. The van der Waals surface area contributed by atoms with Crippen molar-refractivity contribution in [3.8, 4) is 0 Å². The molecule has 1 aromatic rings. The molecule has 1 aliphatic heterocycles. The van der Waals surface area contributed by atoms with Gasteiger partial charge in [-0.15, -0.1) is 0 Å². The zero-order chi connectivity index (χ0) is 14.8. The van der Waals surface area contributed by atoms with Gasteiger partial charge in [0.2, 0.25) is 5.95 Å². The van der Waals surface area contributed by atoms with Gasteiger partial charge in [-0.2, -0.15) is 13.2 Å². The molecule has 1 N–H and O–H groups in total. The van der Waals surface area contributed by atoms with Crippen molar-refractivity contribution in [1.82, 2.24) is 9.97 Å². The number of halogens is 3. The lowest BCUT2D eigenvalue weighted by molar-refractivity contribution is -0.141. The van der Waals surface area contributed by atoms with Crippen molar-refractivity contribution < 1.29 is 23.1 Å². The van der Waals surface area contributed by atoms with Gasteiger partial charge in [-0.05, 0) is 12.8 Å². The highest BCUT2D eigenvalue weighted by molar-refractivity contribution is 5.88. The first-order valence-corrected chi connectivity index (χ1v) is 6.32. The van der Waals surface area contributed by atoms with Gasteiger partial charge in [0.1, 0.15) is 5.56 Å². The molecule has 0 bridgehead atoms. The molecule has 1 aromatic heterocycles. The van der Waals surface area contributed by atoms with Gasteiger partial charge >= 0.3 is 12.1 Å². The van der Waals surface area contributed by atoms with Gasteiger partial charge in [-0.1, -0.05) is 12.8 Å². The number of carboxylic acids is 1. The first-order chi connectivity index (χ1) is 9.39. The fraction of sp³-hybridized carbons (Fsp3) is 0.583. The second kappa shape index (κ2) is 5.64. The molecule has 1 fully saturated rings. The average Bonchev–Trinajstić information content (AvgIpc) is 2.65. The van der Waals surface area contributed by atoms with Crippen molar-refractivity contribution in [2.45, 2.75) is 31.9 Å². The standard InChI is InChI=1S/C12H14F3N3O2/c13-12(14,15)9-8(10(19)20)7-16-11(17-9)18-5-3-1-2-4-6-18/h7H,1-6H2,(H,19,20). The normalized spacial score (nSPS) is 16.9. The van der Waals surface area contributed by atoms with Gasteiger partial charge in [-0.3, -0.25) is 0 Å². The number of rotatable bonds is 2. The summed E-state index contributed by atoms with van der Waals surface area (Å²) in [6.07, 6.45) is -0.294. The van der Waals surface area contributed by atoms with E-state index >= 15 is 0 Å². The zero-order valence-electron chi connectivity index (χ0n) is 10.7. The molecule has 20 heavy (non-hydrogen) atoms. The molecule has 1 saturated heterocycles. The summed E-state index contributed by atoms with van der Waals surface area (Å²) in [7, 11) is 0. The van der Waals surface area contributed by atoms with E-state index in [1.54, 1.807) is 4.90 Å². The van der Waals surface area contributed by atoms with Crippen molar-refractivity contribution >= 4 is 11.9 Å². The smallest absolute Gasteiger partial charge is 0.434 e. The molecule has 2 rings (SSSR count). The number of aromatic carboxylic acids is 1. The summed E-state index contributed by atoms with van der Waals surface area (Å²) in [5, 5.41) is 8.78. The van der Waals surface area contributed by atoms with E-state index in [4.69, 9.17) is 5.11 Å². The lowest BCUT2D eigenvalue weighted by atomic mass is 10.2. The van der Waals surface area contributed by atoms with Gasteiger partial charge < -0.3 is 10.0 Å². The van der Waals surface area contributed by atoms with E-state index in [0.717, 1.165) is 31.9 Å². The quantitative estimate of drug-likeness (QED) is 0.906. The van der Waals surface area contributed by atoms with Crippen LogP contribution in [0.15, 0.2) is 6.20 Å². The summed E-state index contributed by atoms with van der Waals surface area (Å²) in [4.78, 5) is 19.7. The van der Waals surface area contributed by atoms with E-state index in [9.17, 15) is 18.0 Å². The zero-order valence-corrected chi connectivity index (χ0v) is 10.7. The molecule has 2 heterocycles. The molecule has 0 aliphatic carbocycles. The van der Waals surface area contributed by atoms with Crippen LogP contribution in [0.5, 0.6) is 0 Å². The molecule has 0 saturated carbocycles. The Morgan fingerprint density at radius 1 is 1.20 bits per heavy atom. The maximum absolute atomic E-state index is 12.9. The molecule has 0 aromatic carbocycles. The summed E-state index contributed by atoms with van der Waals surface area (Å²) < 4.78 is 38.6. The fourth-order valence-corrected chi connectivity index (χ4v) is 2.17. The number of alkyl halides is 3. The Bertz CT molecular complexity index is 497. The summed E-state index contributed by atoms with van der Waals surface area (Å²) in [5.74, 6) is -1.73. The number of hydrogen-bond acceptors (Lipinski definition) is 4. The van der Waals surface area contributed by atoms with E-state index in [0.29, 0.717) is 13.1 Å². The average molecular weight is 289 g/mol. The third-order valence-corrected chi connectivity index (χ3v) is 3.16. The lowest BCUT2D eigenvalue weighted by Crippen LogP contribution is -2.28. The Labute approximate surface area is 113 Å². The van der Waals surface area contributed by atoms with Crippen molar-refractivity contribution in [2.24, 2.45) is 0 Å². The lowest BCUT2D eigenvalue weighted by Gasteiger charge is -2.21. The van der Waals surface area contributed by atoms with Crippen LogP contribution < -0.4 is 4.90 Å². The van der Waals surface area contributed by atoms with Crippen LogP contribution in [0.25, 0.3) is 0 Å². The van der Waals surface area contributed by atoms with Gasteiger partial charge in [0.25, 0.3) is 0 Å². The second-order valence-electron chi connectivity index (χ2n) is 4.64. The molecule has 0 radical (unpaired) electrons. The molecule has 5 nitrogen and oxygen atoms in total. The van der Waals surface area contributed by atoms with Crippen LogP contribution >= 0.6 is 0 Å². The van der Waals surface area contributed by atoms with E-state index in [1.807, 2.05) is 0 Å². The van der Waals surface area contributed by atoms with Crippen LogP contribution in [0, 0.1) is 0 Å². The predicted molar refractivity (Wildman–Crippen MR) is 64.7 cm³/mol. The molecule has 0 unspecified atom stereocenters. The van der Waals surface area contributed by atoms with Gasteiger partial charge in [0.05, 0.1) is 0 Å². The van der Waals surface area contributed by atoms with E-state index in [2.05, 4.69) is 9.97 Å². The van der Waals surface area contributed by atoms with Gasteiger partial charge in [-0.25, -0.2) is 14.8 Å². The number of aromatic nitrogens is 2. The summed E-state index contributed by atoms with van der Waals surface area (Å²) >= 11 is 0. The fourth-order valence-electron chi connectivity index (χ4n) is 2.17. The minimum absolute atomic E-state index is 0.0516. The number of anilines is 1. The van der Waals surface area contributed by atoms with Crippen LogP contribution in [0.1, 0.15) is 41.7 Å². The minimum Gasteiger partial charge on any atom is -0.478 e. The Kier molecular flexibility index (Phi) is 4.10. The van der Waals surface area contributed by atoms with E-state index in [-0.39, 0.29) is 5.95 Å². The summed E-state index contributed by atoms with van der Waals surface area (Å²) in [6, 6.07) is 0. The van der Waals surface area contributed by atoms with Crippen molar-refractivity contribution in [3.05, 3.63) is 17.5 Å². The Balaban J connectivity index is 2.38. The van der Waals surface area contributed by atoms with Crippen molar-refractivity contribution in [1.29, 1.82) is 0 Å². The summed E-state index contributed by atoms with van der Waals surface area (Å²) in [6.45, 7) is 1.17. The molecule has 8 heteroatoms. The highest BCUT2D eigenvalue weighted by Gasteiger charge is 2.38. The van der Waals surface area contributed by atoms with Crippen LogP contribution in [0.3, 0.4) is 0 Å². The topological polar surface area (TPSA) is 66.3 Å². The molecule has 1 aliphatic rings. The maximum atomic E-state index is 12.9. The molecular weight excluding hydrogens is 275 g/mol. The highest BCUT2D eigenvalue weighted by atomic mass is 19.4. The van der Waals surface area contributed by atoms with Crippen LogP contribution in [0.2, 0.25) is 0 Å². The molecular formula is C12H14F3N3O2. The third-order valence-electron chi connectivity index (χ3n) is 3.16. The largest absolute Gasteiger partial charge is 0.478 e. The number of hydrogen-bond donors (Lipinski definition) is 1. The van der Waals surface area contributed by atoms with Crippen LogP contribution in [-0.4, -0.2) is 34.1 Å². The highest BCUT2D eigenvalue weighted by Crippen LogP contribution is 2.31. The van der Waals surface area contributed by atoms with Crippen molar-refractivity contribution in [3.63, 3.8) is 0 Å². The predicted octanol–water partition coefficient (Wildman–Crippen LogP) is 2.57. The Morgan fingerprint density at radius 3 is 2.30 bits per heavy atom. The number of carboxylic acid groups (broad SMARTS) is 1. The molecule has 0 atom stereocenters. The van der Waals surface area contributed by atoms with Gasteiger partial charge in [0.15, 0.2) is 5.69 Å². The van der Waals surface area contributed by atoms with E-state index < -0.39 is 23.4 Å². The van der Waals surface area contributed by atoms with E-state index in [1.165, 1.54) is 0 Å². The molecule has 0 amide bonds. The third kappa shape index (κ3) is 3.17. The minimum atomic E-state index is -4.81. The number of nitrogens with zero attached hydrogens (tertiary/aromatic N) is 3. The maximum Gasteiger partial charge on any atom is 0.434 e.